The summed E-state index contributed by atoms with van der Waals surface area (Å²) in [4.78, 5) is 4.11. The number of fused-ring (bicyclic) bond motifs is 1. The lowest BCUT2D eigenvalue weighted by atomic mass is 10.00. The lowest BCUT2D eigenvalue weighted by Gasteiger charge is -2.12. The largest absolute Gasteiger partial charge is 0.459 e. The Morgan fingerprint density at radius 1 is 1.30 bits per heavy atom. The van der Waals surface area contributed by atoms with Gasteiger partial charge < -0.3 is 10.2 Å². The Morgan fingerprint density at radius 3 is 2.95 bits per heavy atom. The summed E-state index contributed by atoms with van der Waals surface area (Å²) in [5.41, 5.74) is 9.00. The van der Waals surface area contributed by atoms with Gasteiger partial charge in [-0.15, -0.1) is 0 Å². The molecule has 0 aliphatic carbocycles. The number of hydrogen-bond donors (Lipinski definition) is 1. The molecule has 0 aliphatic heterocycles. The molecule has 1 unspecified atom stereocenters. The van der Waals surface area contributed by atoms with Crippen LogP contribution in [0.1, 0.15) is 29.9 Å². The molecule has 2 aromatic heterocycles. The molecule has 2 N–H and O–H groups in total. The second kappa shape index (κ2) is 5.06. The number of nitrogens with two attached hydrogens (primary N) is 1. The Kier molecular flexibility index (Phi) is 3.24. The molecule has 2 heterocycles. The van der Waals surface area contributed by atoms with E-state index in [-0.39, 0.29) is 11.9 Å². The fourth-order valence-electron chi connectivity index (χ4n) is 2.38. The monoisotopic (exact) mass is 270 g/mol. The van der Waals surface area contributed by atoms with Gasteiger partial charge in [-0.25, -0.2) is 4.39 Å². The number of hydrogen-bond acceptors (Lipinski definition) is 3. The molecule has 0 saturated carbocycles. The quantitative estimate of drug-likeness (QED) is 0.791. The summed E-state index contributed by atoms with van der Waals surface area (Å²) in [7, 11) is 0. The topological polar surface area (TPSA) is 52.0 Å². The van der Waals surface area contributed by atoms with E-state index < -0.39 is 0 Å². The van der Waals surface area contributed by atoms with E-state index in [1.807, 2.05) is 12.3 Å². The summed E-state index contributed by atoms with van der Waals surface area (Å²) in [6.45, 7) is 2.06. The van der Waals surface area contributed by atoms with Gasteiger partial charge in [-0.05, 0) is 47.9 Å². The second-order valence-corrected chi connectivity index (χ2v) is 4.74. The maximum absolute atomic E-state index is 13.2. The molecule has 3 aromatic rings. The highest BCUT2D eigenvalue weighted by molar-refractivity contribution is 5.78. The normalized spacial score (nSPS) is 12.8. The number of halogens is 1. The summed E-state index contributed by atoms with van der Waals surface area (Å²) in [5.74, 6) is 0.350. The van der Waals surface area contributed by atoms with Crippen LogP contribution in [0.3, 0.4) is 0 Å². The molecule has 0 aliphatic rings. The van der Waals surface area contributed by atoms with Crippen LogP contribution in [0, 0.1) is 5.82 Å². The lowest BCUT2D eigenvalue weighted by molar-refractivity contribution is 0.523. The van der Waals surface area contributed by atoms with Crippen LogP contribution in [0.25, 0.3) is 11.0 Å². The number of rotatable bonds is 3. The fraction of sp³-hybridized carbons (Fsp3) is 0.188. The SMILES string of the molecule is CCc1cnccc1C(N)c1cc2cc(F)ccc2o1. The molecule has 0 bridgehead atoms. The maximum atomic E-state index is 13.2. The van der Waals surface area contributed by atoms with Crippen molar-refractivity contribution in [2.24, 2.45) is 5.73 Å². The molecule has 102 valence electrons. The van der Waals surface area contributed by atoms with E-state index in [0.717, 1.165) is 22.9 Å². The third kappa shape index (κ3) is 2.18. The molecule has 1 aromatic carbocycles. The van der Waals surface area contributed by atoms with Crippen molar-refractivity contribution < 1.29 is 8.81 Å². The van der Waals surface area contributed by atoms with Gasteiger partial charge in [0, 0.05) is 17.8 Å². The predicted molar refractivity (Wildman–Crippen MR) is 75.8 cm³/mol. The summed E-state index contributed by atoms with van der Waals surface area (Å²) >= 11 is 0. The van der Waals surface area contributed by atoms with Gasteiger partial charge in [0.05, 0.1) is 6.04 Å². The van der Waals surface area contributed by atoms with Gasteiger partial charge in [0.25, 0.3) is 0 Å². The van der Waals surface area contributed by atoms with Crippen LogP contribution >= 0.6 is 0 Å². The molecule has 3 nitrogen and oxygen atoms in total. The average Bonchev–Trinajstić information content (AvgIpc) is 2.89. The number of aryl methyl sites for hydroxylation is 1. The first kappa shape index (κ1) is 12.8. The number of benzene rings is 1. The minimum atomic E-state index is -0.372. The second-order valence-electron chi connectivity index (χ2n) is 4.74. The molecule has 0 saturated heterocycles. The third-order valence-corrected chi connectivity index (χ3v) is 3.46. The van der Waals surface area contributed by atoms with Gasteiger partial charge in [-0.3, -0.25) is 4.98 Å². The van der Waals surface area contributed by atoms with Crippen LogP contribution in [0.4, 0.5) is 4.39 Å². The highest BCUT2D eigenvalue weighted by Crippen LogP contribution is 2.28. The van der Waals surface area contributed by atoms with Crippen molar-refractivity contribution >= 4 is 11.0 Å². The number of nitrogens with zero attached hydrogens (tertiary/aromatic N) is 1. The molecule has 3 rings (SSSR count). The molecular formula is C16H15FN2O. The Morgan fingerprint density at radius 2 is 2.15 bits per heavy atom. The van der Waals surface area contributed by atoms with Crippen LogP contribution in [0.2, 0.25) is 0 Å². The van der Waals surface area contributed by atoms with Crippen molar-refractivity contribution in [1.29, 1.82) is 0 Å². The van der Waals surface area contributed by atoms with E-state index >= 15 is 0 Å². The third-order valence-electron chi connectivity index (χ3n) is 3.46. The summed E-state index contributed by atoms with van der Waals surface area (Å²) in [6.07, 6.45) is 4.39. The van der Waals surface area contributed by atoms with Crippen LogP contribution in [-0.4, -0.2) is 4.98 Å². The van der Waals surface area contributed by atoms with Crippen molar-refractivity contribution in [2.45, 2.75) is 19.4 Å². The zero-order valence-corrected chi connectivity index (χ0v) is 11.1. The first-order valence-corrected chi connectivity index (χ1v) is 6.56. The molecule has 0 amide bonds. The first-order valence-electron chi connectivity index (χ1n) is 6.56. The van der Waals surface area contributed by atoms with Crippen LogP contribution < -0.4 is 5.73 Å². The van der Waals surface area contributed by atoms with E-state index in [9.17, 15) is 4.39 Å². The number of pyridine rings is 1. The number of furan rings is 1. The van der Waals surface area contributed by atoms with Gasteiger partial charge in [0.15, 0.2) is 0 Å². The smallest absolute Gasteiger partial charge is 0.134 e. The van der Waals surface area contributed by atoms with Gasteiger partial charge in [0.2, 0.25) is 0 Å². The van der Waals surface area contributed by atoms with E-state index in [1.165, 1.54) is 12.1 Å². The Bertz CT molecular complexity index is 751. The standard InChI is InChI=1S/C16H15FN2O/c1-2-10-9-19-6-5-13(10)16(18)15-8-11-7-12(17)3-4-14(11)20-15/h3-9,16H,2,18H2,1H3. The van der Waals surface area contributed by atoms with Crippen molar-refractivity contribution in [3.8, 4) is 0 Å². The van der Waals surface area contributed by atoms with Crippen LogP contribution in [0.5, 0.6) is 0 Å². The average molecular weight is 270 g/mol. The molecular weight excluding hydrogens is 255 g/mol. The van der Waals surface area contributed by atoms with Crippen molar-refractivity contribution in [2.75, 3.05) is 0 Å². The van der Waals surface area contributed by atoms with Gasteiger partial charge in [0.1, 0.15) is 17.2 Å². The van der Waals surface area contributed by atoms with E-state index in [1.54, 1.807) is 18.3 Å². The van der Waals surface area contributed by atoms with Gasteiger partial charge in [-0.1, -0.05) is 6.92 Å². The highest BCUT2D eigenvalue weighted by atomic mass is 19.1. The van der Waals surface area contributed by atoms with E-state index in [2.05, 4.69) is 11.9 Å². The van der Waals surface area contributed by atoms with E-state index in [0.29, 0.717) is 11.3 Å². The van der Waals surface area contributed by atoms with E-state index in [4.69, 9.17) is 10.2 Å². The van der Waals surface area contributed by atoms with Crippen LogP contribution in [-0.2, 0) is 6.42 Å². The maximum Gasteiger partial charge on any atom is 0.134 e. The molecule has 0 spiro atoms. The first-order chi connectivity index (χ1) is 9.69. The van der Waals surface area contributed by atoms with Crippen molar-refractivity contribution in [1.82, 2.24) is 4.98 Å². The molecule has 0 radical (unpaired) electrons. The zero-order chi connectivity index (χ0) is 14.1. The Hall–Kier alpha value is -2.20. The van der Waals surface area contributed by atoms with Crippen molar-refractivity contribution in [3.63, 3.8) is 0 Å². The highest BCUT2D eigenvalue weighted by Gasteiger charge is 2.17. The summed E-state index contributed by atoms with van der Waals surface area (Å²) in [6, 6.07) is 7.77. The van der Waals surface area contributed by atoms with Crippen molar-refractivity contribution in [3.05, 3.63) is 65.4 Å². The van der Waals surface area contributed by atoms with Crippen LogP contribution in [0.15, 0.2) is 47.1 Å². The summed E-state index contributed by atoms with van der Waals surface area (Å²) in [5, 5.41) is 0.725. The minimum Gasteiger partial charge on any atom is -0.459 e. The molecule has 20 heavy (non-hydrogen) atoms. The zero-order valence-electron chi connectivity index (χ0n) is 11.1. The Balaban J connectivity index is 2.05. The number of aromatic nitrogens is 1. The van der Waals surface area contributed by atoms with Gasteiger partial charge >= 0.3 is 0 Å². The minimum absolute atomic E-state index is 0.281. The fourth-order valence-corrected chi connectivity index (χ4v) is 2.38. The summed E-state index contributed by atoms with van der Waals surface area (Å²) < 4.78 is 18.9. The lowest BCUT2D eigenvalue weighted by Crippen LogP contribution is -2.13. The molecule has 4 heteroatoms. The molecule has 0 fully saturated rings. The predicted octanol–water partition coefficient (Wildman–Crippen LogP) is 3.58. The van der Waals surface area contributed by atoms with Gasteiger partial charge in [-0.2, -0.15) is 0 Å². The molecule has 1 atom stereocenters. The Labute approximate surface area is 116 Å².